The van der Waals surface area contributed by atoms with Gasteiger partial charge in [-0.15, -0.1) is 0 Å². The second-order valence-electron chi connectivity index (χ2n) is 9.31. The molecular weight excluding hydrogens is 359 g/mol. The lowest BCUT2D eigenvalue weighted by Crippen LogP contribution is -2.58. The number of alkyl halides is 3. The zero-order chi connectivity index (χ0) is 19.4. The molecule has 5 unspecified atom stereocenters. The molecule has 0 aromatic rings. The molecule has 2 N–H and O–H groups in total. The molecule has 1 saturated heterocycles. The molecular formula is C19H28F3N3O2. The molecule has 3 bridgehead atoms. The summed E-state index contributed by atoms with van der Waals surface area (Å²) in [4.78, 5) is 25.7. The van der Waals surface area contributed by atoms with Gasteiger partial charge in [0.05, 0.1) is 0 Å². The zero-order valence-electron chi connectivity index (χ0n) is 15.7. The Hall–Kier alpha value is -1.47. The fourth-order valence-corrected chi connectivity index (χ4v) is 6.12. The maximum Gasteiger partial charge on any atom is 0.315 e. The number of carbonyl (C=O) groups excluding carboxylic acids is 2. The SMILES string of the molecule is CC(=O)N1CCC(NC(=O)NC23CC4CC(F)(CC(F)CC4(F)C2)C3)CC1. The lowest BCUT2D eigenvalue weighted by Gasteiger charge is -2.42. The van der Waals surface area contributed by atoms with E-state index in [4.69, 9.17) is 0 Å². The van der Waals surface area contributed by atoms with E-state index in [-0.39, 0.29) is 44.1 Å². The molecule has 152 valence electrons. The Bertz CT molecular complexity index is 638. The summed E-state index contributed by atoms with van der Waals surface area (Å²) in [6.45, 7) is 2.71. The molecule has 3 amide bonds. The molecule has 3 aliphatic carbocycles. The summed E-state index contributed by atoms with van der Waals surface area (Å²) >= 11 is 0. The average Bonchev–Trinajstić information content (AvgIpc) is 2.68. The number of likely N-dealkylation sites (tertiary alicyclic amines) is 1. The van der Waals surface area contributed by atoms with Gasteiger partial charge in [-0.25, -0.2) is 18.0 Å². The average molecular weight is 387 g/mol. The first-order chi connectivity index (χ1) is 12.6. The van der Waals surface area contributed by atoms with Gasteiger partial charge < -0.3 is 15.5 Å². The normalized spacial score (nSPS) is 44.1. The van der Waals surface area contributed by atoms with Crippen LogP contribution < -0.4 is 10.6 Å². The lowest BCUT2D eigenvalue weighted by molar-refractivity contribution is -0.129. The number of hydrogen-bond acceptors (Lipinski definition) is 2. The van der Waals surface area contributed by atoms with E-state index >= 15 is 8.78 Å². The summed E-state index contributed by atoms with van der Waals surface area (Å²) in [5.41, 5.74) is -4.41. The first-order valence-corrected chi connectivity index (χ1v) is 9.97. The van der Waals surface area contributed by atoms with Gasteiger partial charge in [0.2, 0.25) is 5.91 Å². The summed E-state index contributed by atoms with van der Waals surface area (Å²) < 4.78 is 44.6. The Labute approximate surface area is 157 Å². The van der Waals surface area contributed by atoms with Crippen molar-refractivity contribution in [1.29, 1.82) is 0 Å². The molecule has 0 radical (unpaired) electrons. The van der Waals surface area contributed by atoms with Crippen LogP contribution in [0.2, 0.25) is 0 Å². The number of nitrogens with zero attached hydrogens (tertiary/aromatic N) is 1. The molecule has 1 heterocycles. The Morgan fingerprint density at radius 3 is 2.41 bits per heavy atom. The summed E-state index contributed by atoms with van der Waals surface area (Å²) in [5, 5.41) is 5.76. The van der Waals surface area contributed by atoms with Crippen LogP contribution in [0, 0.1) is 5.92 Å². The van der Waals surface area contributed by atoms with Crippen LogP contribution in [0.3, 0.4) is 0 Å². The second kappa shape index (κ2) is 6.27. The first kappa shape index (κ1) is 18.9. The Balaban J connectivity index is 1.40. The number of halogens is 3. The quantitative estimate of drug-likeness (QED) is 0.765. The molecule has 1 aliphatic heterocycles. The molecule has 4 fully saturated rings. The maximum absolute atomic E-state index is 15.4. The molecule has 0 aromatic carbocycles. The van der Waals surface area contributed by atoms with Crippen LogP contribution in [0.4, 0.5) is 18.0 Å². The van der Waals surface area contributed by atoms with Crippen molar-refractivity contribution < 1.29 is 22.8 Å². The van der Waals surface area contributed by atoms with Gasteiger partial charge in [-0.3, -0.25) is 4.79 Å². The lowest BCUT2D eigenvalue weighted by atomic mass is 9.73. The molecule has 0 aromatic heterocycles. The van der Waals surface area contributed by atoms with Crippen molar-refractivity contribution in [3.05, 3.63) is 0 Å². The predicted molar refractivity (Wildman–Crippen MR) is 93.4 cm³/mol. The largest absolute Gasteiger partial charge is 0.343 e. The smallest absolute Gasteiger partial charge is 0.315 e. The van der Waals surface area contributed by atoms with Crippen molar-refractivity contribution in [1.82, 2.24) is 15.5 Å². The minimum absolute atomic E-state index is 0.00699. The van der Waals surface area contributed by atoms with Crippen LogP contribution in [-0.4, -0.2) is 59.0 Å². The minimum Gasteiger partial charge on any atom is -0.343 e. The van der Waals surface area contributed by atoms with Gasteiger partial charge in [0, 0.05) is 57.3 Å². The van der Waals surface area contributed by atoms with Crippen LogP contribution in [0.5, 0.6) is 0 Å². The van der Waals surface area contributed by atoms with Crippen molar-refractivity contribution >= 4 is 11.9 Å². The first-order valence-electron chi connectivity index (χ1n) is 9.97. The number of amides is 3. The topological polar surface area (TPSA) is 61.4 Å². The van der Waals surface area contributed by atoms with Crippen LogP contribution >= 0.6 is 0 Å². The number of fused-ring (bicyclic) bond motifs is 2. The second-order valence-corrected chi connectivity index (χ2v) is 9.31. The van der Waals surface area contributed by atoms with Crippen molar-refractivity contribution in [2.24, 2.45) is 5.92 Å². The summed E-state index contributed by atoms with van der Waals surface area (Å²) in [5.74, 6) is -0.508. The predicted octanol–water partition coefficient (Wildman–Crippen LogP) is 2.79. The van der Waals surface area contributed by atoms with E-state index in [0.29, 0.717) is 32.4 Å². The van der Waals surface area contributed by atoms with Crippen molar-refractivity contribution in [2.75, 3.05) is 13.1 Å². The monoisotopic (exact) mass is 387 g/mol. The van der Waals surface area contributed by atoms with Crippen molar-refractivity contribution in [3.8, 4) is 0 Å². The number of nitrogens with one attached hydrogen (secondary N) is 2. The molecule has 4 rings (SSSR count). The van der Waals surface area contributed by atoms with E-state index in [1.807, 2.05) is 0 Å². The number of hydrogen-bond donors (Lipinski definition) is 2. The molecule has 3 saturated carbocycles. The number of rotatable bonds is 2. The number of carbonyl (C=O) groups is 2. The van der Waals surface area contributed by atoms with Crippen LogP contribution in [0.25, 0.3) is 0 Å². The number of piperidine rings is 1. The summed E-state index contributed by atoms with van der Waals surface area (Å²) in [6, 6.07) is -0.480. The van der Waals surface area contributed by atoms with Crippen LogP contribution in [-0.2, 0) is 4.79 Å². The van der Waals surface area contributed by atoms with Gasteiger partial charge in [-0.1, -0.05) is 0 Å². The van der Waals surface area contributed by atoms with Gasteiger partial charge in [-0.05, 0) is 31.6 Å². The zero-order valence-corrected chi connectivity index (χ0v) is 15.7. The molecule has 27 heavy (non-hydrogen) atoms. The highest BCUT2D eigenvalue weighted by atomic mass is 19.2. The highest BCUT2D eigenvalue weighted by molar-refractivity contribution is 5.76. The fourth-order valence-electron chi connectivity index (χ4n) is 6.12. The van der Waals surface area contributed by atoms with E-state index in [2.05, 4.69) is 10.6 Å². The van der Waals surface area contributed by atoms with Gasteiger partial charge in [0.25, 0.3) is 0 Å². The van der Waals surface area contributed by atoms with Crippen molar-refractivity contribution in [2.45, 2.75) is 87.4 Å². The maximum atomic E-state index is 15.4. The molecule has 8 heteroatoms. The fraction of sp³-hybridized carbons (Fsp3) is 0.895. The summed E-state index contributed by atoms with van der Waals surface area (Å²) in [6.07, 6.45) is -0.274. The van der Waals surface area contributed by atoms with Gasteiger partial charge in [-0.2, -0.15) is 0 Å². The van der Waals surface area contributed by atoms with E-state index in [1.165, 1.54) is 6.92 Å². The van der Waals surface area contributed by atoms with E-state index in [1.54, 1.807) is 4.90 Å². The number of urea groups is 1. The van der Waals surface area contributed by atoms with E-state index in [9.17, 15) is 14.0 Å². The third kappa shape index (κ3) is 3.51. The Kier molecular flexibility index (Phi) is 4.38. The highest BCUT2D eigenvalue weighted by Crippen LogP contribution is 2.61. The van der Waals surface area contributed by atoms with E-state index < -0.39 is 35.0 Å². The van der Waals surface area contributed by atoms with Gasteiger partial charge >= 0.3 is 6.03 Å². The molecule has 4 aliphatic rings. The highest BCUT2D eigenvalue weighted by Gasteiger charge is 2.66. The summed E-state index contributed by atoms with van der Waals surface area (Å²) in [7, 11) is 0. The minimum atomic E-state index is -1.74. The van der Waals surface area contributed by atoms with Gasteiger partial charge in [0.15, 0.2) is 0 Å². The van der Waals surface area contributed by atoms with E-state index in [0.717, 1.165) is 0 Å². The Morgan fingerprint density at radius 2 is 1.74 bits per heavy atom. The van der Waals surface area contributed by atoms with Gasteiger partial charge in [0.1, 0.15) is 17.5 Å². The molecule has 5 atom stereocenters. The van der Waals surface area contributed by atoms with Crippen LogP contribution in [0.15, 0.2) is 0 Å². The molecule has 5 nitrogen and oxygen atoms in total. The van der Waals surface area contributed by atoms with Crippen LogP contribution in [0.1, 0.15) is 58.3 Å². The standard InChI is InChI=1S/C19H28F3N3O2/c1-12(26)25-4-2-15(3-5-25)23-16(27)24-18-7-13-6-17(21,10-18)8-14(20)9-19(13,22)11-18/h13-15H,2-11H2,1H3,(H2,23,24,27). The third-order valence-corrected chi connectivity index (χ3v) is 7.07. The third-order valence-electron chi connectivity index (χ3n) is 7.07. The van der Waals surface area contributed by atoms with Crippen molar-refractivity contribution in [3.63, 3.8) is 0 Å². The molecule has 0 spiro atoms. The Morgan fingerprint density at radius 1 is 1.04 bits per heavy atom.